The zero-order valence-corrected chi connectivity index (χ0v) is 14.8. The Kier molecular flexibility index (Phi) is 4.56. The van der Waals surface area contributed by atoms with Crippen molar-refractivity contribution in [1.29, 1.82) is 0 Å². The molecule has 2 aromatic rings. The molecule has 134 valence electrons. The highest BCUT2D eigenvalue weighted by Crippen LogP contribution is 2.30. The van der Waals surface area contributed by atoms with Crippen LogP contribution in [0, 0.1) is 0 Å². The quantitative estimate of drug-likeness (QED) is 0.636. The minimum absolute atomic E-state index is 0.0666. The Balaban J connectivity index is 1.88. The number of nitrogens with zero attached hydrogens (tertiary/aromatic N) is 2. The van der Waals surface area contributed by atoms with E-state index in [4.69, 9.17) is 16.3 Å². The van der Waals surface area contributed by atoms with Gasteiger partial charge in [-0.05, 0) is 42.8 Å². The number of hydrazone groups is 1. The second-order valence-corrected chi connectivity index (χ2v) is 6.28. The minimum atomic E-state index is -1.25. The van der Waals surface area contributed by atoms with Gasteiger partial charge in [-0.1, -0.05) is 23.7 Å². The SMILES string of the molecule is COc1ccc([C@@]2(C)NC(=O)N(/N=C/c3cc(Cl)ccc3O)C2=O)cc1. The highest BCUT2D eigenvalue weighted by molar-refractivity contribution is 6.30. The molecule has 2 N–H and O–H groups in total. The summed E-state index contributed by atoms with van der Waals surface area (Å²) in [6.07, 6.45) is 1.21. The van der Waals surface area contributed by atoms with Crippen molar-refractivity contribution in [2.24, 2.45) is 5.10 Å². The number of rotatable bonds is 4. The van der Waals surface area contributed by atoms with Gasteiger partial charge in [0.1, 0.15) is 17.0 Å². The van der Waals surface area contributed by atoms with Crippen LogP contribution in [0.5, 0.6) is 11.5 Å². The Hall–Kier alpha value is -3.06. The van der Waals surface area contributed by atoms with Crippen LogP contribution in [0.4, 0.5) is 4.79 Å². The molecule has 2 aromatic carbocycles. The van der Waals surface area contributed by atoms with Gasteiger partial charge in [-0.15, -0.1) is 5.01 Å². The van der Waals surface area contributed by atoms with Crippen LogP contribution in [0.2, 0.25) is 5.02 Å². The van der Waals surface area contributed by atoms with Crippen LogP contribution in [0.1, 0.15) is 18.1 Å². The molecular weight excluding hydrogens is 358 g/mol. The van der Waals surface area contributed by atoms with Crippen molar-refractivity contribution in [2.45, 2.75) is 12.5 Å². The summed E-state index contributed by atoms with van der Waals surface area (Å²) in [6, 6.07) is 10.5. The smallest absolute Gasteiger partial charge is 0.346 e. The van der Waals surface area contributed by atoms with E-state index in [2.05, 4.69) is 10.4 Å². The third-order valence-electron chi connectivity index (χ3n) is 4.14. The van der Waals surface area contributed by atoms with E-state index in [0.717, 1.165) is 5.01 Å². The van der Waals surface area contributed by atoms with Crippen LogP contribution >= 0.6 is 11.6 Å². The number of hydrogen-bond donors (Lipinski definition) is 2. The van der Waals surface area contributed by atoms with E-state index < -0.39 is 17.5 Å². The summed E-state index contributed by atoms with van der Waals surface area (Å²) in [7, 11) is 1.54. The van der Waals surface area contributed by atoms with E-state index in [1.807, 2.05) is 0 Å². The van der Waals surface area contributed by atoms with Crippen LogP contribution in [-0.2, 0) is 10.3 Å². The van der Waals surface area contributed by atoms with Crippen molar-refractivity contribution in [3.63, 3.8) is 0 Å². The normalized spacial score (nSPS) is 19.9. The van der Waals surface area contributed by atoms with Crippen LogP contribution in [-0.4, -0.2) is 35.4 Å². The molecule has 1 aliphatic rings. The molecule has 0 unspecified atom stereocenters. The molecule has 26 heavy (non-hydrogen) atoms. The van der Waals surface area contributed by atoms with E-state index in [0.29, 0.717) is 16.3 Å². The van der Waals surface area contributed by atoms with Crippen molar-refractivity contribution in [2.75, 3.05) is 7.11 Å². The number of methoxy groups -OCH3 is 1. The van der Waals surface area contributed by atoms with Crippen molar-refractivity contribution >= 4 is 29.8 Å². The molecule has 0 saturated carbocycles. The van der Waals surface area contributed by atoms with E-state index >= 15 is 0 Å². The minimum Gasteiger partial charge on any atom is -0.507 e. The van der Waals surface area contributed by atoms with E-state index in [1.165, 1.54) is 24.4 Å². The standard InChI is InChI=1S/C18H16ClN3O4/c1-18(12-3-6-14(26-2)7-4-12)16(24)22(17(25)21-18)20-10-11-9-13(19)5-8-15(11)23/h3-10,23H,1-2H3,(H,21,25)/b20-10+/t18-/m1/s1. The highest BCUT2D eigenvalue weighted by Gasteiger charge is 2.49. The van der Waals surface area contributed by atoms with E-state index in [-0.39, 0.29) is 11.3 Å². The summed E-state index contributed by atoms with van der Waals surface area (Å²) in [5, 5.41) is 17.5. The summed E-state index contributed by atoms with van der Waals surface area (Å²) in [6.45, 7) is 1.60. The van der Waals surface area contributed by atoms with Gasteiger partial charge in [-0.2, -0.15) is 5.10 Å². The number of carbonyl (C=O) groups excluding carboxylic acids is 2. The lowest BCUT2D eigenvalue weighted by molar-refractivity contribution is -0.131. The zero-order chi connectivity index (χ0) is 18.9. The Morgan fingerprint density at radius 2 is 1.92 bits per heavy atom. The molecule has 0 aliphatic carbocycles. The number of nitrogens with one attached hydrogen (secondary N) is 1. The lowest BCUT2D eigenvalue weighted by atomic mass is 9.92. The maximum absolute atomic E-state index is 12.8. The predicted molar refractivity (Wildman–Crippen MR) is 96.4 cm³/mol. The summed E-state index contributed by atoms with van der Waals surface area (Å²) < 4.78 is 5.10. The van der Waals surface area contributed by atoms with Gasteiger partial charge >= 0.3 is 6.03 Å². The first kappa shape index (κ1) is 17.8. The van der Waals surface area contributed by atoms with Gasteiger partial charge in [0, 0.05) is 10.6 Å². The van der Waals surface area contributed by atoms with E-state index in [9.17, 15) is 14.7 Å². The molecule has 8 heteroatoms. The first-order valence-corrected chi connectivity index (χ1v) is 8.06. The first-order chi connectivity index (χ1) is 12.3. The molecule has 0 aromatic heterocycles. The number of hydrogen-bond acceptors (Lipinski definition) is 5. The number of aromatic hydroxyl groups is 1. The van der Waals surface area contributed by atoms with Crippen molar-refractivity contribution in [3.05, 3.63) is 58.6 Å². The zero-order valence-electron chi connectivity index (χ0n) is 14.1. The molecule has 0 spiro atoms. The number of amides is 3. The molecule has 1 aliphatic heterocycles. The predicted octanol–water partition coefficient (Wildman–Crippen LogP) is 2.86. The fraction of sp³-hybridized carbons (Fsp3) is 0.167. The van der Waals surface area contributed by atoms with Gasteiger partial charge in [0.2, 0.25) is 0 Å². The van der Waals surface area contributed by atoms with Crippen LogP contribution in [0.3, 0.4) is 0 Å². The number of phenols is 1. The first-order valence-electron chi connectivity index (χ1n) is 7.69. The molecular formula is C18H16ClN3O4. The lowest BCUT2D eigenvalue weighted by Crippen LogP contribution is -2.40. The Morgan fingerprint density at radius 1 is 1.23 bits per heavy atom. The van der Waals surface area contributed by atoms with Crippen LogP contribution in [0.15, 0.2) is 47.6 Å². The number of ether oxygens (including phenoxy) is 1. The van der Waals surface area contributed by atoms with Gasteiger partial charge in [0.25, 0.3) is 5.91 Å². The molecule has 0 radical (unpaired) electrons. The van der Waals surface area contributed by atoms with Crippen LogP contribution < -0.4 is 10.1 Å². The topological polar surface area (TPSA) is 91.2 Å². The van der Waals surface area contributed by atoms with Gasteiger partial charge in [-0.3, -0.25) is 4.79 Å². The number of benzene rings is 2. The van der Waals surface area contributed by atoms with Crippen molar-refractivity contribution in [3.8, 4) is 11.5 Å². The molecule has 7 nitrogen and oxygen atoms in total. The third-order valence-corrected chi connectivity index (χ3v) is 4.37. The monoisotopic (exact) mass is 373 g/mol. The fourth-order valence-electron chi connectivity index (χ4n) is 2.60. The summed E-state index contributed by atoms with van der Waals surface area (Å²) in [5.41, 5.74) is -0.368. The largest absolute Gasteiger partial charge is 0.507 e. The van der Waals surface area contributed by atoms with Crippen LogP contribution in [0.25, 0.3) is 0 Å². The average molecular weight is 374 g/mol. The Labute approximate surface area is 154 Å². The van der Waals surface area contributed by atoms with Gasteiger partial charge in [-0.25, -0.2) is 4.79 Å². The molecule has 3 amide bonds. The number of halogens is 1. The summed E-state index contributed by atoms with van der Waals surface area (Å²) in [5.74, 6) is 0.0361. The second-order valence-electron chi connectivity index (χ2n) is 5.85. The Morgan fingerprint density at radius 3 is 2.58 bits per heavy atom. The van der Waals surface area contributed by atoms with Gasteiger partial charge < -0.3 is 15.2 Å². The third kappa shape index (κ3) is 3.09. The van der Waals surface area contributed by atoms with Crippen molar-refractivity contribution in [1.82, 2.24) is 10.3 Å². The molecule has 3 rings (SSSR count). The summed E-state index contributed by atoms with van der Waals surface area (Å²) in [4.78, 5) is 25.0. The average Bonchev–Trinajstić information content (AvgIpc) is 2.86. The number of phenolic OH excluding ortho intramolecular Hbond substituents is 1. The molecule has 0 bridgehead atoms. The lowest BCUT2D eigenvalue weighted by Gasteiger charge is -2.21. The maximum atomic E-state index is 12.8. The number of imide groups is 1. The molecule has 1 heterocycles. The second kappa shape index (κ2) is 6.68. The fourth-order valence-corrected chi connectivity index (χ4v) is 2.78. The van der Waals surface area contributed by atoms with Gasteiger partial charge in [0.05, 0.1) is 13.3 Å². The molecule has 1 saturated heterocycles. The highest BCUT2D eigenvalue weighted by atomic mass is 35.5. The van der Waals surface area contributed by atoms with E-state index in [1.54, 1.807) is 38.3 Å². The maximum Gasteiger partial charge on any atom is 0.346 e. The molecule has 1 atom stereocenters. The molecule has 1 fully saturated rings. The number of carbonyl (C=O) groups is 2. The summed E-state index contributed by atoms with van der Waals surface area (Å²) >= 11 is 5.88. The Bertz CT molecular complexity index is 898. The van der Waals surface area contributed by atoms with Gasteiger partial charge in [0.15, 0.2) is 0 Å². The number of urea groups is 1. The van der Waals surface area contributed by atoms with Crippen molar-refractivity contribution < 1.29 is 19.4 Å².